The predicted octanol–water partition coefficient (Wildman–Crippen LogP) is 4.34. The highest BCUT2D eigenvalue weighted by Crippen LogP contribution is 2.21. The second-order valence-electron chi connectivity index (χ2n) is 7.15. The van der Waals surface area contributed by atoms with E-state index in [4.69, 9.17) is 17.0 Å². The Morgan fingerprint density at radius 3 is 2.59 bits per heavy atom. The standard InChI is InChI=1S/C20H30N4O2S/c1-5-26-17-10-8-16(9-11-17)19-22-23-20(27)24(19)13-12-18(25)21-15(4)7-6-14(2)3/h8-11,14-15H,5-7,12-13H2,1-4H3,(H,21,25)(H,23,27). The zero-order valence-electron chi connectivity index (χ0n) is 16.6. The summed E-state index contributed by atoms with van der Waals surface area (Å²) in [5, 5.41) is 10.2. The van der Waals surface area contributed by atoms with Crippen LogP contribution in [0.1, 0.15) is 47.0 Å². The number of nitrogens with zero attached hydrogens (tertiary/aromatic N) is 2. The highest BCUT2D eigenvalue weighted by molar-refractivity contribution is 7.71. The van der Waals surface area contributed by atoms with Crippen molar-refractivity contribution in [2.75, 3.05) is 6.61 Å². The summed E-state index contributed by atoms with van der Waals surface area (Å²) in [6, 6.07) is 7.89. The first-order chi connectivity index (χ1) is 12.9. The van der Waals surface area contributed by atoms with Crippen LogP contribution in [0.4, 0.5) is 0 Å². The summed E-state index contributed by atoms with van der Waals surface area (Å²) in [6.07, 6.45) is 2.46. The molecule has 0 aliphatic heterocycles. The molecule has 1 heterocycles. The first-order valence-electron chi connectivity index (χ1n) is 9.58. The van der Waals surface area contributed by atoms with Crippen LogP contribution in [-0.2, 0) is 11.3 Å². The van der Waals surface area contributed by atoms with Gasteiger partial charge in [0.2, 0.25) is 5.91 Å². The van der Waals surface area contributed by atoms with Crippen LogP contribution < -0.4 is 10.1 Å². The van der Waals surface area contributed by atoms with Crippen molar-refractivity contribution in [1.82, 2.24) is 20.1 Å². The SMILES string of the molecule is CCOc1ccc(-c2n[nH]c(=S)n2CCC(=O)NC(C)CCC(C)C)cc1. The molecule has 27 heavy (non-hydrogen) atoms. The van der Waals surface area contributed by atoms with Crippen LogP contribution in [0.5, 0.6) is 5.75 Å². The summed E-state index contributed by atoms with van der Waals surface area (Å²) >= 11 is 5.34. The van der Waals surface area contributed by atoms with E-state index >= 15 is 0 Å². The van der Waals surface area contributed by atoms with Gasteiger partial charge in [0, 0.05) is 24.6 Å². The minimum Gasteiger partial charge on any atom is -0.494 e. The summed E-state index contributed by atoms with van der Waals surface area (Å²) in [4.78, 5) is 12.3. The van der Waals surface area contributed by atoms with Gasteiger partial charge in [-0.2, -0.15) is 5.10 Å². The number of H-pyrrole nitrogens is 1. The number of carbonyl (C=O) groups is 1. The van der Waals surface area contributed by atoms with Crippen molar-refractivity contribution in [3.8, 4) is 17.1 Å². The van der Waals surface area contributed by atoms with Gasteiger partial charge in [-0.1, -0.05) is 13.8 Å². The van der Waals surface area contributed by atoms with E-state index in [9.17, 15) is 4.79 Å². The normalized spacial score (nSPS) is 12.2. The number of ether oxygens (including phenoxy) is 1. The quantitative estimate of drug-likeness (QED) is 0.592. The maximum Gasteiger partial charge on any atom is 0.222 e. The Balaban J connectivity index is 1.98. The number of amides is 1. The minimum absolute atomic E-state index is 0.0343. The number of carbonyl (C=O) groups excluding carboxylic acids is 1. The van der Waals surface area contributed by atoms with Crippen molar-refractivity contribution in [2.45, 2.75) is 59.5 Å². The van der Waals surface area contributed by atoms with E-state index in [1.54, 1.807) is 0 Å². The Labute approximate surface area is 166 Å². The molecule has 1 unspecified atom stereocenters. The van der Waals surface area contributed by atoms with E-state index in [0.29, 0.717) is 30.3 Å². The van der Waals surface area contributed by atoms with Crippen molar-refractivity contribution < 1.29 is 9.53 Å². The highest BCUT2D eigenvalue weighted by Gasteiger charge is 2.12. The third kappa shape index (κ3) is 6.50. The number of rotatable bonds is 10. The molecule has 0 bridgehead atoms. The van der Waals surface area contributed by atoms with Gasteiger partial charge < -0.3 is 10.1 Å². The third-order valence-electron chi connectivity index (χ3n) is 4.33. The molecule has 1 amide bonds. The molecule has 7 heteroatoms. The monoisotopic (exact) mass is 390 g/mol. The first-order valence-corrected chi connectivity index (χ1v) is 9.99. The zero-order valence-corrected chi connectivity index (χ0v) is 17.4. The molecule has 2 rings (SSSR count). The lowest BCUT2D eigenvalue weighted by atomic mass is 10.0. The van der Waals surface area contributed by atoms with Gasteiger partial charge in [-0.25, -0.2) is 0 Å². The van der Waals surface area contributed by atoms with Gasteiger partial charge in [-0.3, -0.25) is 14.5 Å². The summed E-state index contributed by atoms with van der Waals surface area (Å²) < 4.78 is 7.85. The Morgan fingerprint density at radius 2 is 1.96 bits per heavy atom. The van der Waals surface area contributed by atoms with Crippen LogP contribution in [-0.4, -0.2) is 33.3 Å². The number of aromatic amines is 1. The summed E-state index contributed by atoms with van der Waals surface area (Å²) in [5.74, 6) is 2.22. The molecule has 1 atom stereocenters. The summed E-state index contributed by atoms with van der Waals surface area (Å²) in [6.45, 7) is 9.50. The lowest BCUT2D eigenvalue weighted by Crippen LogP contribution is -2.33. The minimum atomic E-state index is 0.0343. The van der Waals surface area contributed by atoms with Crippen LogP contribution in [0.3, 0.4) is 0 Å². The first kappa shape index (κ1) is 21.2. The molecule has 0 saturated heterocycles. The van der Waals surface area contributed by atoms with Crippen molar-refractivity contribution in [3.63, 3.8) is 0 Å². The Hall–Kier alpha value is -2.15. The molecule has 2 aromatic rings. The van der Waals surface area contributed by atoms with Gasteiger partial charge in [-0.05, 0) is 69.1 Å². The van der Waals surface area contributed by atoms with Gasteiger partial charge in [-0.15, -0.1) is 0 Å². The molecular formula is C20H30N4O2S. The Morgan fingerprint density at radius 1 is 1.26 bits per heavy atom. The number of hydrogen-bond acceptors (Lipinski definition) is 4. The molecule has 0 radical (unpaired) electrons. The Kier molecular flexibility index (Phi) is 8.03. The smallest absolute Gasteiger partial charge is 0.222 e. The third-order valence-corrected chi connectivity index (χ3v) is 4.64. The van der Waals surface area contributed by atoms with E-state index in [-0.39, 0.29) is 11.9 Å². The van der Waals surface area contributed by atoms with Crippen molar-refractivity contribution in [3.05, 3.63) is 29.0 Å². The van der Waals surface area contributed by atoms with E-state index in [2.05, 4.69) is 36.3 Å². The lowest BCUT2D eigenvalue weighted by Gasteiger charge is -2.15. The van der Waals surface area contributed by atoms with Crippen molar-refractivity contribution in [1.29, 1.82) is 0 Å². The van der Waals surface area contributed by atoms with Crippen molar-refractivity contribution in [2.24, 2.45) is 5.92 Å². The molecule has 2 N–H and O–H groups in total. The fourth-order valence-corrected chi connectivity index (χ4v) is 3.05. The predicted molar refractivity (Wildman–Crippen MR) is 110 cm³/mol. The van der Waals surface area contributed by atoms with E-state index in [0.717, 1.165) is 30.0 Å². The number of nitrogens with one attached hydrogen (secondary N) is 2. The topological polar surface area (TPSA) is 71.9 Å². The van der Waals surface area contributed by atoms with Gasteiger partial charge >= 0.3 is 0 Å². The second kappa shape index (κ2) is 10.3. The second-order valence-corrected chi connectivity index (χ2v) is 7.54. The largest absolute Gasteiger partial charge is 0.494 e. The van der Waals surface area contributed by atoms with Gasteiger partial charge in [0.25, 0.3) is 0 Å². The van der Waals surface area contributed by atoms with Gasteiger partial charge in [0.1, 0.15) is 5.75 Å². The zero-order chi connectivity index (χ0) is 19.8. The molecule has 0 fully saturated rings. The molecule has 1 aromatic heterocycles. The van der Waals surface area contributed by atoms with Crippen LogP contribution in [0.25, 0.3) is 11.4 Å². The molecular weight excluding hydrogens is 360 g/mol. The van der Waals surface area contributed by atoms with E-state index in [1.807, 2.05) is 35.8 Å². The fourth-order valence-electron chi connectivity index (χ4n) is 2.83. The maximum atomic E-state index is 12.3. The molecule has 0 saturated carbocycles. The lowest BCUT2D eigenvalue weighted by molar-refractivity contribution is -0.121. The molecule has 0 aliphatic carbocycles. The van der Waals surface area contributed by atoms with Crippen LogP contribution in [0, 0.1) is 10.7 Å². The number of aromatic nitrogens is 3. The van der Waals surface area contributed by atoms with E-state index < -0.39 is 0 Å². The van der Waals surface area contributed by atoms with E-state index in [1.165, 1.54) is 0 Å². The summed E-state index contributed by atoms with van der Waals surface area (Å²) in [5.41, 5.74) is 0.927. The van der Waals surface area contributed by atoms with Crippen molar-refractivity contribution >= 4 is 18.1 Å². The van der Waals surface area contributed by atoms with Gasteiger partial charge in [0.05, 0.1) is 6.61 Å². The maximum absolute atomic E-state index is 12.3. The average Bonchev–Trinajstić information content (AvgIpc) is 3.00. The molecule has 148 valence electrons. The molecule has 6 nitrogen and oxygen atoms in total. The number of benzene rings is 1. The van der Waals surface area contributed by atoms with Crippen LogP contribution in [0.15, 0.2) is 24.3 Å². The highest BCUT2D eigenvalue weighted by atomic mass is 32.1. The Bertz CT molecular complexity index is 780. The average molecular weight is 391 g/mol. The van der Waals surface area contributed by atoms with Gasteiger partial charge in [0.15, 0.2) is 10.6 Å². The number of hydrogen-bond donors (Lipinski definition) is 2. The summed E-state index contributed by atoms with van der Waals surface area (Å²) in [7, 11) is 0. The molecule has 0 aliphatic rings. The van der Waals surface area contributed by atoms with Crippen LogP contribution >= 0.6 is 12.2 Å². The molecule has 0 spiro atoms. The molecule has 1 aromatic carbocycles. The van der Waals surface area contributed by atoms with Crippen LogP contribution in [0.2, 0.25) is 0 Å². The fraction of sp³-hybridized carbons (Fsp3) is 0.550.